The number of para-hydroxylation sites is 1. The number of anilines is 1. The van der Waals surface area contributed by atoms with E-state index in [2.05, 4.69) is 34.3 Å². The number of aromatic nitrogens is 1. The number of hydrogen-bond donors (Lipinski definition) is 2. The molecule has 0 bridgehead atoms. The summed E-state index contributed by atoms with van der Waals surface area (Å²) in [6.07, 6.45) is 6.16. The van der Waals surface area contributed by atoms with E-state index in [9.17, 15) is 4.79 Å². The third kappa shape index (κ3) is 2.23. The van der Waals surface area contributed by atoms with Gasteiger partial charge in [0.2, 0.25) is 6.41 Å². The van der Waals surface area contributed by atoms with Crippen LogP contribution >= 0.6 is 0 Å². The second-order valence-electron chi connectivity index (χ2n) is 5.07. The molecule has 4 nitrogen and oxygen atoms in total. The van der Waals surface area contributed by atoms with Gasteiger partial charge in [0.25, 0.3) is 0 Å². The Morgan fingerprint density at radius 3 is 3.05 bits per heavy atom. The second kappa shape index (κ2) is 5.51. The van der Waals surface area contributed by atoms with Gasteiger partial charge in [-0.3, -0.25) is 9.69 Å². The first kappa shape index (κ1) is 12.9. The van der Waals surface area contributed by atoms with Crippen LogP contribution in [0.2, 0.25) is 0 Å². The zero-order valence-corrected chi connectivity index (χ0v) is 11.6. The molecule has 20 heavy (non-hydrogen) atoms. The first-order valence-electron chi connectivity index (χ1n) is 7.05. The van der Waals surface area contributed by atoms with Gasteiger partial charge in [-0.2, -0.15) is 0 Å². The summed E-state index contributed by atoms with van der Waals surface area (Å²) in [6, 6.07) is 5.99. The summed E-state index contributed by atoms with van der Waals surface area (Å²) >= 11 is 0. The lowest BCUT2D eigenvalue weighted by molar-refractivity contribution is -0.105. The number of nitrogens with one attached hydrogen (secondary N) is 2. The van der Waals surface area contributed by atoms with Crippen molar-refractivity contribution in [2.24, 2.45) is 0 Å². The number of amides is 1. The quantitative estimate of drug-likeness (QED) is 0.838. The van der Waals surface area contributed by atoms with Crippen LogP contribution in [0.5, 0.6) is 0 Å². The fourth-order valence-corrected chi connectivity index (χ4v) is 2.85. The van der Waals surface area contributed by atoms with Gasteiger partial charge >= 0.3 is 0 Å². The molecule has 1 amide bonds. The molecule has 104 valence electrons. The molecule has 0 saturated carbocycles. The number of H-pyrrole nitrogens is 1. The lowest BCUT2D eigenvalue weighted by Gasteiger charge is -2.24. The summed E-state index contributed by atoms with van der Waals surface area (Å²) in [5.74, 6) is 0. The number of nitrogens with zero attached hydrogens (tertiary/aromatic N) is 1. The Morgan fingerprint density at radius 2 is 2.35 bits per heavy atom. The predicted octanol–water partition coefficient (Wildman–Crippen LogP) is 2.85. The van der Waals surface area contributed by atoms with E-state index in [0.29, 0.717) is 6.41 Å². The van der Waals surface area contributed by atoms with Gasteiger partial charge in [-0.05, 0) is 24.6 Å². The molecule has 1 aliphatic rings. The van der Waals surface area contributed by atoms with Crippen LogP contribution in [0.1, 0.15) is 18.9 Å². The first-order chi connectivity index (χ1) is 9.83. The van der Waals surface area contributed by atoms with Gasteiger partial charge < -0.3 is 10.3 Å². The second-order valence-corrected chi connectivity index (χ2v) is 5.07. The van der Waals surface area contributed by atoms with E-state index in [-0.39, 0.29) is 0 Å². The van der Waals surface area contributed by atoms with E-state index >= 15 is 0 Å². The summed E-state index contributed by atoms with van der Waals surface area (Å²) in [5.41, 5.74) is 4.47. The maximum atomic E-state index is 10.7. The Bertz CT molecular complexity index is 657. The zero-order chi connectivity index (χ0) is 13.9. The molecule has 4 heteroatoms. The molecule has 2 N–H and O–H groups in total. The van der Waals surface area contributed by atoms with Crippen LogP contribution in [-0.2, 0) is 4.79 Å². The normalized spacial score (nSPS) is 16.1. The Balaban J connectivity index is 1.99. The predicted molar refractivity (Wildman–Crippen MR) is 82.7 cm³/mol. The fraction of sp³-hybridized carbons (Fsp3) is 0.312. The minimum Gasteiger partial charge on any atom is -0.359 e. The number of fused-ring (bicyclic) bond motifs is 1. The van der Waals surface area contributed by atoms with Gasteiger partial charge in [0, 0.05) is 30.2 Å². The fourth-order valence-electron chi connectivity index (χ4n) is 2.85. The van der Waals surface area contributed by atoms with E-state index < -0.39 is 0 Å². The van der Waals surface area contributed by atoms with E-state index in [4.69, 9.17) is 0 Å². The molecule has 0 saturated heterocycles. The van der Waals surface area contributed by atoms with Crippen LogP contribution in [0.4, 0.5) is 5.69 Å². The number of aromatic amines is 1. The lowest BCUT2D eigenvalue weighted by Crippen LogP contribution is -2.27. The van der Waals surface area contributed by atoms with Crippen molar-refractivity contribution in [3.63, 3.8) is 0 Å². The van der Waals surface area contributed by atoms with E-state index in [0.717, 1.165) is 37.3 Å². The smallest absolute Gasteiger partial charge is 0.211 e. The van der Waals surface area contributed by atoms with E-state index in [1.807, 2.05) is 18.3 Å². The van der Waals surface area contributed by atoms with Gasteiger partial charge in [-0.15, -0.1) is 0 Å². The van der Waals surface area contributed by atoms with Crippen molar-refractivity contribution in [1.29, 1.82) is 0 Å². The molecule has 0 spiro atoms. The van der Waals surface area contributed by atoms with Crippen LogP contribution in [0.25, 0.3) is 16.5 Å². The molecule has 2 aromatic rings. The average Bonchev–Trinajstić information content (AvgIpc) is 2.93. The monoisotopic (exact) mass is 269 g/mol. The van der Waals surface area contributed by atoms with Gasteiger partial charge in [0.15, 0.2) is 0 Å². The molecule has 0 fully saturated rings. The third-order valence-corrected chi connectivity index (χ3v) is 4.02. The number of likely N-dealkylation sites (N-methyl/N-ethyl adjacent to an activating group) is 1. The summed E-state index contributed by atoms with van der Waals surface area (Å²) < 4.78 is 0. The van der Waals surface area contributed by atoms with Crippen molar-refractivity contribution in [2.45, 2.75) is 13.3 Å². The summed E-state index contributed by atoms with van der Waals surface area (Å²) in [6.45, 7) is 5.43. The molecule has 1 aromatic heterocycles. The van der Waals surface area contributed by atoms with Crippen molar-refractivity contribution in [3.05, 3.63) is 36.0 Å². The molecule has 0 radical (unpaired) electrons. The highest BCUT2D eigenvalue weighted by molar-refractivity contribution is 6.01. The Hall–Kier alpha value is -2.07. The van der Waals surface area contributed by atoms with Crippen LogP contribution in [0, 0.1) is 0 Å². The largest absolute Gasteiger partial charge is 0.359 e. The average molecular weight is 269 g/mol. The highest BCUT2D eigenvalue weighted by Crippen LogP contribution is 2.32. The first-order valence-corrected chi connectivity index (χ1v) is 7.05. The zero-order valence-electron chi connectivity index (χ0n) is 11.6. The van der Waals surface area contributed by atoms with Crippen molar-refractivity contribution in [2.75, 3.05) is 25.0 Å². The Morgan fingerprint density at radius 1 is 1.45 bits per heavy atom. The van der Waals surface area contributed by atoms with Gasteiger partial charge in [-0.25, -0.2) is 0 Å². The molecule has 2 heterocycles. The van der Waals surface area contributed by atoms with E-state index in [1.165, 1.54) is 16.5 Å². The van der Waals surface area contributed by atoms with Crippen molar-refractivity contribution in [3.8, 4) is 0 Å². The maximum absolute atomic E-state index is 10.7. The molecule has 1 aromatic carbocycles. The molecule has 0 atom stereocenters. The summed E-state index contributed by atoms with van der Waals surface area (Å²) in [5, 5.41) is 3.92. The SMILES string of the molecule is CCN1CC=C(c2c[nH]c3c(NC=O)cccc23)CC1. The number of benzene rings is 1. The van der Waals surface area contributed by atoms with Gasteiger partial charge in [0.1, 0.15) is 0 Å². The minimum atomic E-state index is 0.717. The number of carbonyl (C=O) groups excluding carboxylic acids is 1. The molecular weight excluding hydrogens is 250 g/mol. The van der Waals surface area contributed by atoms with Crippen molar-refractivity contribution >= 4 is 28.6 Å². The van der Waals surface area contributed by atoms with Crippen molar-refractivity contribution < 1.29 is 4.79 Å². The number of rotatable bonds is 4. The molecule has 3 rings (SSSR count). The van der Waals surface area contributed by atoms with Crippen LogP contribution in [0.3, 0.4) is 0 Å². The van der Waals surface area contributed by atoms with Gasteiger partial charge in [0.05, 0.1) is 11.2 Å². The standard InChI is InChI=1S/C16H19N3O/c1-2-19-8-6-12(7-9-19)14-10-17-16-13(14)4-3-5-15(16)18-11-20/h3-6,10-11,17H,2,7-9H2,1H3,(H,18,20). The maximum Gasteiger partial charge on any atom is 0.211 e. The summed E-state index contributed by atoms with van der Waals surface area (Å²) in [4.78, 5) is 16.4. The lowest BCUT2D eigenvalue weighted by atomic mass is 9.98. The van der Waals surface area contributed by atoms with E-state index in [1.54, 1.807) is 0 Å². The summed E-state index contributed by atoms with van der Waals surface area (Å²) in [7, 11) is 0. The van der Waals surface area contributed by atoms with Crippen LogP contribution in [0.15, 0.2) is 30.5 Å². The Labute approximate surface area is 118 Å². The van der Waals surface area contributed by atoms with Crippen molar-refractivity contribution in [1.82, 2.24) is 9.88 Å². The number of carbonyl (C=O) groups is 1. The Kier molecular flexibility index (Phi) is 3.56. The van der Waals surface area contributed by atoms with Crippen LogP contribution in [-0.4, -0.2) is 35.9 Å². The highest BCUT2D eigenvalue weighted by atomic mass is 16.1. The highest BCUT2D eigenvalue weighted by Gasteiger charge is 2.15. The molecule has 1 aliphatic heterocycles. The third-order valence-electron chi connectivity index (χ3n) is 4.02. The van der Waals surface area contributed by atoms with Gasteiger partial charge in [-0.1, -0.05) is 25.1 Å². The number of hydrogen-bond acceptors (Lipinski definition) is 2. The van der Waals surface area contributed by atoms with Crippen LogP contribution < -0.4 is 5.32 Å². The minimum absolute atomic E-state index is 0.717. The molecular formula is C16H19N3O. The molecule has 0 unspecified atom stereocenters. The molecule has 0 aliphatic carbocycles. The topological polar surface area (TPSA) is 48.1 Å².